The largest absolute Gasteiger partial charge is 0.497 e. The van der Waals surface area contributed by atoms with Crippen molar-refractivity contribution in [2.75, 3.05) is 20.8 Å². The Labute approximate surface area is 228 Å². The zero-order valence-corrected chi connectivity index (χ0v) is 22.8. The number of hydrogen-bond acceptors (Lipinski definition) is 6. The highest BCUT2D eigenvalue weighted by Gasteiger charge is 2.54. The van der Waals surface area contributed by atoms with Gasteiger partial charge < -0.3 is 19.7 Å². The lowest BCUT2D eigenvalue weighted by Gasteiger charge is -2.33. The number of ether oxygens (including phenoxy) is 2. The van der Waals surface area contributed by atoms with E-state index in [2.05, 4.69) is 17.6 Å². The fourth-order valence-corrected chi connectivity index (χ4v) is 5.31. The lowest BCUT2D eigenvalue weighted by Crippen LogP contribution is -2.57. The van der Waals surface area contributed by atoms with E-state index in [-0.39, 0.29) is 18.4 Å². The summed E-state index contributed by atoms with van der Waals surface area (Å²) in [7, 11) is 3.18. The molecular weight excluding hydrogens is 496 g/mol. The molecule has 0 radical (unpaired) electrons. The maximum atomic E-state index is 13.5. The van der Waals surface area contributed by atoms with Crippen molar-refractivity contribution in [1.29, 1.82) is 0 Å². The Bertz CT molecular complexity index is 1390. The van der Waals surface area contributed by atoms with Gasteiger partial charge in [-0.1, -0.05) is 25.5 Å². The van der Waals surface area contributed by atoms with Gasteiger partial charge in [0.05, 0.1) is 26.5 Å². The van der Waals surface area contributed by atoms with Crippen LogP contribution in [0.2, 0.25) is 0 Å². The van der Waals surface area contributed by atoms with Crippen LogP contribution in [0, 0.1) is 12.8 Å². The number of carbonyl (C=O) groups excluding carboxylic acids is 3. The first-order valence-electron chi connectivity index (χ1n) is 13.3. The molecule has 3 heterocycles. The monoisotopic (exact) mass is 530 g/mol. The van der Waals surface area contributed by atoms with Crippen LogP contribution in [-0.2, 0) is 16.1 Å². The van der Waals surface area contributed by atoms with Gasteiger partial charge in [-0.25, -0.2) is 9.78 Å². The fraction of sp³-hybridized carbons (Fsp3) is 0.400. The van der Waals surface area contributed by atoms with Gasteiger partial charge in [-0.15, -0.1) is 0 Å². The second-order valence-corrected chi connectivity index (χ2v) is 10.3. The molecule has 4 amide bonds. The summed E-state index contributed by atoms with van der Waals surface area (Å²) in [5, 5.41) is 5.33. The van der Waals surface area contributed by atoms with E-state index in [1.165, 1.54) is 0 Å². The van der Waals surface area contributed by atoms with Gasteiger partial charge >= 0.3 is 6.03 Å². The van der Waals surface area contributed by atoms with Crippen molar-refractivity contribution >= 4 is 29.7 Å². The molecule has 1 saturated carbocycles. The number of nitrogens with zero attached hydrogens (tertiary/aromatic N) is 2. The number of hydrogen-bond donors (Lipinski definition) is 2. The van der Waals surface area contributed by atoms with Gasteiger partial charge in [0.25, 0.3) is 11.8 Å². The lowest BCUT2D eigenvalue weighted by molar-refractivity contribution is -0.123. The number of benzene rings is 1. The molecule has 2 aromatic rings. The Morgan fingerprint density at radius 1 is 1.18 bits per heavy atom. The third kappa shape index (κ3) is 5.01. The molecular formula is C30H34N4O5. The van der Waals surface area contributed by atoms with E-state index < -0.39 is 17.5 Å². The van der Waals surface area contributed by atoms with Crippen molar-refractivity contribution in [3.8, 4) is 5.75 Å². The minimum atomic E-state index is -1.40. The number of nitrogens with one attached hydrogen (secondary N) is 2. The number of allylic oxidation sites excluding steroid dienone is 1. The third-order valence-electron chi connectivity index (χ3n) is 7.59. The summed E-state index contributed by atoms with van der Waals surface area (Å²) in [6.45, 7) is 4.42. The number of aromatic nitrogens is 1. The van der Waals surface area contributed by atoms with Crippen molar-refractivity contribution < 1.29 is 23.9 Å². The van der Waals surface area contributed by atoms with Crippen molar-refractivity contribution in [3.63, 3.8) is 0 Å². The number of pyridine rings is 1. The number of methoxy groups -OCH3 is 2. The van der Waals surface area contributed by atoms with E-state index in [4.69, 9.17) is 14.5 Å². The quantitative estimate of drug-likeness (QED) is 0.352. The minimum absolute atomic E-state index is 0.0151. The predicted octanol–water partition coefficient (Wildman–Crippen LogP) is 4.21. The third-order valence-corrected chi connectivity index (χ3v) is 7.59. The Hall–Kier alpha value is -4.14. The van der Waals surface area contributed by atoms with Crippen LogP contribution >= 0.6 is 0 Å². The standard InChI is InChI=1S/C30H34N4O5/c1-5-6-7-26(39-4)24-13-8-18(2)25(31-24)15-23(19-9-10-19)30(28(36)32-29(37)33-30)17-34-16-20-11-12-21(38-3)14-22(20)27(34)35/h7-8,11-15,19H,5-6,9-10,16-17H2,1-4H3,(H2,32,33,36,37)/b23-15+,26-7-/t30-/m0/s1. The van der Waals surface area contributed by atoms with E-state index in [9.17, 15) is 14.4 Å². The number of rotatable bonds is 10. The molecule has 204 valence electrons. The van der Waals surface area contributed by atoms with Crippen molar-refractivity contribution in [3.05, 3.63) is 70.1 Å². The van der Waals surface area contributed by atoms with Gasteiger partial charge in [-0.05, 0) is 79.2 Å². The van der Waals surface area contributed by atoms with Crippen LogP contribution in [0.3, 0.4) is 0 Å². The highest BCUT2D eigenvalue weighted by molar-refractivity contribution is 6.10. The molecule has 0 unspecified atom stereocenters. The molecule has 1 aromatic carbocycles. The Balaban J connectivity index is 1.55. The molecule has 1 atom stereocenters. The van der Waals surface area contributed by atoms with Crippen LogP contribution in [0.1, 0.15) is 65.5 Å². The van der Waals surface area contributed by atoms with E-state index in [1.54, 1.807) is 25.2 Å². The smallest absolute Gasteiger partial charge is 0.322 e. The molecule has 0 bridgehead atoms. The molecule has 39 heavy (non-hydrogen) atoms. The number of fused-ring (bicyclic) bond motifs is 1. The molecule has 1 aliphatic carbocycles. The summed E-state index contributed by atoms with van der Waals surface area (Å²) in [5.74, 6) is 0.721. The second-order valence-electron chi connectivity index (χ2n) is 10.3. The van der Waals surface area contributed by atoms with Gasteiger partial charge in [0, 0.05) is 12.1 Å². The van der Waals surface area contributed by atoms with E-state index >= 15 is 0 Å². The summed E-state index contributed by atoms with van der Waals surface area (Å²) in [6.07, 6.45) is 7.57. The first-order chi connectivity index (χ1) is 18.8. The van der Waals surface area contributed by atoms with Gasteiger partial charge in [0.2, 0.25) is 0 Å². The summed E-state index contributed by atoms with van der Waals surface area (Å²) in [4.78, 5) is 46.0. The zero-order chi connectivity index (χ0) is 27.7. The average Bonchev–Trinajstić information content (AvgIpc) is 3.66. The minimum Gasteiger partial charge on any atom is -0.497 e. The van der Waals surface area contributed by atoms with E-state index in [0.717, 1.165) is 42.4 Å². The Morgan fingerprint density at radius 3 is 2.62 bits per heavy atom. The van der Waals surface area contributed by atoms with Crippen LogP contribution in [0.15, 0.2) is 42.0 Å². The van der Waals surface area contributed by atoms with Gasteiger partial charge in [-0.2, -0.15) is 0 Å². The molecule has 5 rings (SSSR count). The topological polar surface area (TPSA) is 110 Å². The van der Waals surface area contributed by atoms with Crippen molar-refractivity contribution in [1.82, 2.24) is 20.5 Å². The molecule has 2 aliphatic heterocycles. The summed E-state index contributed by atoms with van der Waals surface area (Å²) < 4.78 is 10.9. The highest BCUT2D eigenvalue weighted by Crippen LogP contribution is 2.45. The van der Waals surface area contributed by atoms with Gasteiger partial charge in [0.15, 0.2) is 5.54 Å². The maximum absolute atomic E-state index is 13.5. The lowest BCUT2D eigenvalue weighted by atomic mass is 9.84. The molecule has 9 heteroatoms. The van der Waals surface area contributed by atoms with Crippen LogP contribution in [0.5, 0.6) is 5.75 Å². The molecule has 9 nitrogen and oxygen atoms in total. The molecule has 3 aliphatic rings. The summed E-state index contributed by atoms with van der Waals surface area (Å²) in [5.41, 5.74) is 3.09. The predicted molar refractivity (Wildman–Crippen MR) is 147 cm³/mol. The zero-order valence-electron chi connectivity index (χ0n) is 22.8. The second kappa shape index (κ2) is 10.6. The number of urea groups is 1. The maximum Gasteiger partial charge on any atom is 0.322 e. The number of aryl methyl sites for hydroxylation is 1. The average molecular weight is 531 g/mol. The molecule has 2 fully saturated rings. The number of imide groups is 1. The molecule has 1 aromatic heterocycles. The number of amides is 4. The van der Waals surface area contributed by atoms with Gasteiger partial charge in [0.1, 0.15) is 17.2 Å². The van der Waals surface area contributed by atoms with Gasteiger partial charge in [-0.3, -0.25) is 14.9 Å². The normalized spacial score (nSPS) is 21.1. The fourth-order valence-electron chi connectivity index (χ4n) is 5.31. The van der Waals surface area contributed by atoms with E-state index in [0.29, 0.717) is 35.0 Å². The highest BCUT2D eigenvalue weighted by atomic mass is 16.5. The number of unbranched alkanes of at least 4 members (excludes halogenated alkanes) is 1. The van der Waals surface area contributed by atoms with Crippen LogP contribution in [-0.4, -0.2) is 54.0 Å². The summed E-state index contributed by atoms with van der Waals surface area (Å²) >= 11 is 0. The molecule has 1 saturated heterocycles. The van der Waals surface area contributed by atoms with Crippen LogP contribution in [0.25, 0.3) is 11.8 Å². The van der Waals surface area contributed by atoms with Crippen molar-refractivity contribution in [2.24, 2.45) is 5.92 Å². The first kappa shape index (κ1) is 26.5. The van der Waals surface area contributed by atoms with E-state index in [1.807, 2.05) is 43.3 Å². The molecule has 0 spiro atoms. The summed E-state index contributed by atoms with van der Waals surface area (Å²) in [6, 6.07) is 8.72. The SMILES string of the molecule is CCC/C=C(\OC)c1ccc(C)c(/C=C(\C2CC2)[C@]2(CN3Cc4ccc(OC)cc4C3=O)NC(=O)NC2=O)n1. The Kier molecular flexibility index (Phi) is 7.16. The number of carbonyl (C=O) groups is 3. The Morgan fingerprint density at radius 2 is 1.97 bits per heavy atom. The first-order valence-corrected chi connectivity index (χ1v) is 13.3. The van der Waals surface area contributed by atoms with Crippen LogP contribution in [0.4, 0.5) is 4.79 Å². The van der Waals surface area contributed by atoms with Crippen molar-refractivity contribution in [2.45, 2.75) is 51.6 Å². The van der Waals surface area contributed by atoms with Crippen LogP contribution < -0.4 is 15.4 Å². The molecule has 2 N–H and O–H groups in total.